The highest BCUT2D eigenvalue weighted by atomic mass is 19.1. The first-order valence-corrected chi connectivity index (χ1v) is 8.03. The summed E-state index contributed by atoms with van der Waals surface area (Å²) >= 11 is 0. The van der Waals surface area contributed by atoms with Crippen LogP contribution in [0, 0.1) is 0 Å². The van der Waals surface area contributed by atoms with Crippen LogP contribution in [0.4, 0.5) is 4.39 Å². The third-order valence-corrected chi connectivity index (χ3v) is 4.48. The minimum Gasteiger partial charge on any atom is -0.366 e. The van der Waals surface area contributed by atoms with Gasteiger partial charge in [-0.15, -0.1) is 0 Å². The predicted molar refractivity (Wildman–Crippen MR) is 82.3 cm³/mol. The highest BCUT2D eigenvalue weighted by molar-refractivity contribution is 5.81. The highest BCUT2D eigenvalue weighted by Crippen LogP contribution is 2.20. The Morgan fingerprint density at radius 3 is 2.91 bits per heavy atom. The molecule has 1 saturated heterocycles. The Morgan fingerprint density at radius 1 is 1.27 bits per heavy atom. The minimum atomic E-state index is -0.404. The van der Waals surface area contributed by atoms with Gasteiger partial charge in [-0.3, -0.25) is 14.1 Å². The number of rotatable bonds is 4. The van der Waals surface area contributed by atoms with E-state index in [-0.39, 0.29) is 12.6 Å². The van der Waals surface area contributed by atoms with Gasteiger partial charge in [0.2, 0.25) is 0 Å². The van der Waals surface area contributed by atoms with Crippen LogP contribution in [-0.2, 0) is 22.5 Å². The van der Waals surface area contributed by atoms with E-state index in [2.05, 4.69) is 17.0 Å². The summed E-state index contributed by atoms with van der Waals surface area (Å²) in [5, 5.41) is 0. The van der Waals surface area contributed by atoms with Crippen molar-refractivity contribution in [3.8, 4) is 0 Å². The molecule has 0 radical (unpaired) electrons. The summed E-state index contributed by atoms with van der Waals surface area (Å²) in [5.74, 6) is 0.0689. The molecule has 0 aromatic heterocycles. The molecule has 120 valence electrons. The lowest BCUT2D eigenvalue weighted by atomic mass is 9.99. The monoisotopic (exact) mass is 306 g/mol. The van der Waals surface area contributed by atoms with E-state index in [1.54, 1.807) is 0 Å². The van der Waals surface area contributed by atoms with E-state index in [1.807, 2.05) is 17.0 Å². The maximum Gasteiger partial charge on any atom is 0.253 e. The molecule has 1 aromatic carbocycles. The number of amides is 1. The van der Waals surface area contributed by atoms with Gasteiger partial charge in [0.25, 0.3) is 5.91 Å². The van der Waals surface area contributed by atoms with Gasteiger partial charge in [-0.2, -0.15) is 0 Å². The second-order valence-electron chi connectivity index (χ2n) is 5.98. The van der Waals surface area contributed by atoms with E-state index in [1.165, 1.54) is 11.1 Å². The molecule has 0 N–H and O–H groups in total. The van der Waals surface area contributed by atoms with Crippen LogP contribution in [0.1, 0.15) is 17.5 Å². The zero-order valence-electron chi connectivity index (χ0n) is 12.8. The molecule has 1 atom stereocenters. The van der Waals surface area contributed by atoms with Gasteiger partial charge in [-0.05, 0) is 24.0 Å². The second kappa shape index (κ2) is 7.20. The van der Waals surface area contributed by atoms with Crippen molar-refractivity contribution in [2.24, 2.45) is 0 Å². The van der Waals surface area contributed by atoms with Crippen molar-refractivity contribution in [3.63, 3.8) is 0 Å². The van der Waals surface area contributed by atoms with Gasteiger partial charge in [-0.25, -0.2) is 0 Å². The van der Waals surface area contributed by atoms with Gasteiger partial charge < -0.3 is 9.64 Å². The Labute approximate surface area is 130 Å². The minimum absolute atomic E-state index is 0.0689. The highest BCUT2D eigenvalue weighted by Gasteiger charge is 2.31. The van der Waals surface area contributed by atoms with Crippen molar-refractivity contribution in [1.29, 1.82) is 0 Å². The zero-order valence-corrected chi connectivity index (χ0v) is 12.8. The molecule has 0 spiro atoms. The van der Waals surface area contributed by atoms with Gasteiger partial charge in [0.15, 0.2) is 0 Å². The number of alkyl halides is 1. The summed E-state index contributed by atoms with van der Waals surface area (Å²) in [5.41, 5.74) is 2.56. The van der Waals surface area contributed by atoms with E-state index >= 15 is 0 Å². The van der Waals surface area contributed by atoms with Crippen molar-refractivity contribution in [2.75, 3.05) is 39.5 Å². The summed E-state index contributed by atoms with van der Waals surface area (Å²) in [6.45, 7) is 3.72. The first kappa shape index (κ1) is 15.4. The number of halogens is 1. The number of hydrogen-bond donors (Lipinski definition) is 0. The SMILES string of the molecule is O=C(C1CN(CCCF)CCO1)N1CCc2ccccc2C1. The summed E-state index contributed by atoms with van der Waals surface area (Å²) in [6, 6.07) is 8.28. The van der Waals surface area contributed by atoms with Crippen LogP contribution >= 0.6 is 0 Å². The maximum absolute atomic E-state index is 12.7. The number of carbonyl (C=O) groups excluding carboxylic acids is 1. The fourth-order valence-corrected chi connectivity index (χ4v) is 3.23. The molecule has 5 heteroatoms. The van der Waals surface area contributed by atoms with Crippen molar-refractivity contribution in [1.82, 2.24) is 9.80 Å². The average Bonchev–Trinajstić information content (AvgIpc) is 2.59. The third-order valence-electron chi connectivity index (χ3n) is 4.48. The Bertz CT molecular complexity index is 523. The molecule has 2 aliphatic rings. The van der Waals surface area contributed by atoms with Crippen molar-refractivity contribution < 1.29 is 13.9 Å². The van der Waals surface area contributed by atoms with Gasteiger partial charge in [0, 0.05) is 32.7 Å². The van der Waals surface area contributed by atoms with Crippen LogP contribution in [0.3, 0.4) is 0 Å². The Morgan fingerprint density at radius 2 is 2.09 bits per heavy atom. The van der Waals surface area contributed by atoms with E-state index in [9.17, 15) is 9.18 Å². The van der Waals surface area contributed by atoms with E-state index in [4.69, 9.17) is 4.74 Å². The molecule has 3 rings (SSSR count). The van der Waals surface area contributed by atoms with E-state index in [0.717, 1.165) is 19.5 Å². The Balaban J connectivity index is 1.60. The number of carbonyl (C=O) groups is 1. The first-order chi connectivity index (χ1) is 10.8. The number of ether oxygens (including phenoxy) is 1. The summed E-state index contributed by atoms with van der Waals surface area (Å²) in [4.78, 5) is 16.7. The second-order valence-corrected chi connectivity index (χ2v) is 5.98. The van der Waals surface area contributed by atoms with Gasteiger partial charge in [0.05, 0.1) is 13.3 Å². The Kier molecular flexibility index (Phi) is 5.05. The normalized spacial score (nSPS) is 22.4. The third kappa shape index (κ3) is 3.47. The molecule has 1 amide bonds. The largest absolute Gasteiger partial charge is 0.366 e. The molecule has 0 aliphatic carbocycles. The quantitative estimate of drug-likeness (QED) is 0.848. The Hall–Kier alpha value is -1.46. The predicted octanol–water partition coefficient (Wildman–Crippen LogP) is 1.63. The molecule has 1 fully saturated rings. The molecule has 22 heavy (non-hydrogen) atoms. The van der Waals surface area contributed by atoms with Crippen molar-refractivity contribution >= 4 is 5.91 Å². The molecule has 0 bridgehead atoms. The molecule has 1 aromatic rings. The number of hydrogen-bond acceptors (Lipinski definition) is 3. The standard InChI is InChI=1S/C17H23FN2O2/c18-7-3-8-19-10-11-22-16(13-19)17(21)20-9-6-14-4-1-2-5-15(14)12-20/h1-2,4-5,16H,3,6-13H2. The number of nitrogens with zero attached hydrogens (tertiary/aromatic N) is 2. The number of fused-ring (bicyclic) bond motifs is 1. The number of morpholine rings is 1. The lowest BCUT2D eigenvalue weighted by Gasteiger charge is -2.36. The molecular formula is C17H23FN2O2. The first-order valence-electron chi connectivity index (χ1n) is 8.03. The smallest absolute Gasteiger partial charge is 0.253 e. The summed E-state index contributed by atoms with van der Waals surface area (Å²) in [7, 11) is 0. The maximum atomic E-state index is 12.7. The summed E-state index contributed by atoms with van der Waals surface area (Å²) in [6.07, 6.45) is 1.02. The number of benzene rings is 1. The van der Waals surface area contributed by atoms with Gasteiger partial charge >= 0.3 is 0 Å². The lowest BCUT2D eigenvalue weighted by Crippen LogP contribution is -2.52. The van der Waals surface area contributed by atoms with Crippen LogP contribution in [-0.4, -0.2) is 61.3 Å². The van der Waals surface area contributed by atoms with E-state index < -0.39 is 6.10 Å². The van der Waals surface area contributed by atoms with Crippen molar-refractivity contribution in [2.45, 2.75) is 25.5 Å². The topological polar surface area (TPSA) is 32.8 Å². The van der Waals surface area contributed by atoms with Gasteiger partial charge in [-0.1, -0.05) is 24.3 Å². The van der Waals surface area contributed by atoms with Crippen LogP contribution in [0.2, 0.25) is 0 Å². The summed E-state index contributed by atoms with van der Waals surface area (Å²) < 4.78 is 18.0. The molecule has 0 saturated carbocycles. The van der Waals surface area contributed by atoms with Crippen LogP contribution in [0.25, 0.3) is 0 Å². The molecule has 4 nitrogen and oxygen atoms in total. The van der Waals surface area contributed by atoms with Crippen LogP contribution < -0.4 is 0 Å². The molecule has 1 unspecified atom stereocenters. The zero-order chi connectivity index (χ0) is 15.4. The lowest BCUT2D eigenvalue weighted by molar-refractivity contribution is -0.150. The fourth-order valence-electron chi connectivity index (χ4n) is 3.23. The van der Waals surface area contributed by atoms with Crippen LogP contribution in [0.5, 0.6) is 0 Å². The molecule has 2 heterocycles. The molecular weight excluding hydrogens is 283 g/mol. The van der Waals surface area contributed by atoms with Gasteiger partial charge in [0.1, 0.15) is 6.10 Å². The van der Waals surface area contributed by atoms with Crippen LogP contribution in [0.15, 0.2) is 24.3 Å². The fraction of sp³-hybridized carbons (Fsp3) is 0.588. The molecule has 2 aliphatic heterocycles. The van der Waals surface area contributed by atoms with E-state index in [0.29, 0.717) is 32.7 Å². The average molecular weight is 306 g/mol. The van der Waals surface area contributed by atoms with Crippen molar-refractivity contribution in [3.05, 3.63) is 35.4 Å².